The SMILES string of the molecule is CN1CCC(CN)(N(Cc2ccsc2)C2CC2)CC1. The molecule has 0 bridgehead atoms. The van der Waals surface area contributed by atoms with Gasteiger partial charge in [0.1, 0.15) is 0 Å². The molecule has 1 aliphatic carbocycles. The highest BCUT2D eigenvalue weighted by molar-refractivity contribution is 7.07. The zero-order valence-corrected chi connectivity index (χ0v) is 12.7. The van der Waals surface area contributed by atoms with Crippen LogP contribution >= 0.6 is 11.3 Å². The molecule has 2 fully saturated rings. The van der Waals surface area contributed by atoms with Crippen molar-refractivity contribution < 1.29 is 0 Å². The zero-order valence-electron chi connectivity index (χ0n) is 11.8. The van der Waals surface area contributed by atoms with Crippen molar-refractivity contribution in [3.05, 3.63) is 22.4 Å². The summed E-state index contributed by atoms with van der Waals surface area (Å²) in [5.41, 5.74) is 7.93. The Morgan fingerprint density at radius 2 is 2.16 bits per heavy atom. The molecular formula is C15H25N3S. The lowest BCUT2D eigenvalue weighted by Crippen LogP contribution is -2.59. The molecule has 0 aromatic carbocycles. The summed E-state index contributed by atoms with van der Waals surface area (Å²) >= 11 is 1.80. The summed E-state index contributed by atoms with van der Waals surface area (Å²) in [7, 11) is 2.22. The maximum atomic E-state index is 6.22. The summed E-state index contributed by atoms with van der Waals surface area (Å²) in [6, 6.07) is 3.05. The van der Waals surface area contributed by atoms with Crippen LogP contribution in [-0.2, 0) is 6.54 Å². The molecule has 19 heavy (non-hydrogen) atoms. The normalized spacial score (nSPS) is 23.9. The molecule has 0 spiro atoms. The molecule has 0 atom stereocenters. The second-order valence-corrected chi connectivity index (χ2v) is 7.00. The van der Waals surface area contributed by atoms with Gasteiger partial charge in [-0.05, 0) is 68.2 Å². The molecule has 1 saturated carbocycles. The molecule has 2 N–H and O–H groups in total. The number of thiophene rings is 1. The van der Waals surface area contributed by atoms with Gasteiger partial charge in [0.25, 0.3) is 0 Å². The second-order valence-electron chi connectivity index (χ2n) is 6.22. The first-order valence-corrected chi connectivity index (χ1v) is 8.34. The number of rotatable bonds is 5. The fourth-order valence-corrected chi connectivity index (χ4v) is 3.95. The molecule has 4 heteroatoms. The third-order valence-corrected chi connectivity index (χ3v) is 5.56. The Hall–Kier alpha value is -0.420. The van der Waals surface area contributed by atoms with Crippen LogP contribution in [0.2, 0.25) is 0 Å². The van der Waals surface area contributed by atoms with E-state index in [9.17, 15) is 0 Å². The molecular weight excluding hydrogens is 254 g/mol. The lowest BCUT2D eigenvalue weighted by atomic mass is 9.85. The summed E-state index contributed by atoms with van der Waals surface area (Å²) in [6.45, 7) is 4.27. The summed E-state index contributed by atoms with van der Waals surface area (Å²) in [5.74, 6) is 0. The summed E-state index contributed by atoms with van der Waals surface area (Å²) < 4.78 is 0. The van der Waals surface area contributed by atoms with E-state index >= 15 is 0 Å². The summed E-state index contributed by atoms with van der Waals surface area (Å²) in [5, 5.41) is 4.47. The van der Waals surface area contributed by atoms with Crippen LogP contribution < -0.4 is 5.73 Å². The highest BCUT2D eigenvalue weighted by Gasteiger charge is 2.44. The predicted octanol–water partition coefficient (Wildman–Crippen LogP) is 2.14. The number of likely N-dealkylation sites (tertiary alicyclic amines) is 1. The fourth-order valence-electron chi connectivity index (χ4n) is 3.29. The fraction of sp³-hybridized carbons (Fsp3) is 0.733. The molecule has 0 radical (unpaired) electrons. The van der Waals surface area contributed by atoms with E-state index in [0.717, 1.165) is 19.1 Å². The Kier molecular flexibility index (Phi) is 3.94. The van der Waals surface area contributed by atoms with Crippen molar-refractivity contribution in [3.63, 3.8) is 0 Å². The second kappa shape index (κ2) is 5.52. The van der Waals surface area contributed by atoms with Crippen molar-refractivity contribution in [3.8, 4) is 0 Å². The van der Waals surface area contributed by atoms with Crippen molar-refractivity contribution in [2.45, 2.75) is 43.8 Å². The van der Waals surface area contributed by atoms with Gasteiger partial charge >= 0.3 is 0 Å². The Bertz CT molecular complexity index is 392. The smallest absolute Gasteiger partial charge is 0.0362 e. The minimum Gasteiger partial charge on any atom is -0.329 e. The first-order valence-electron chi connectivity index (χ1n) is 7.40. The number of nitrogens with zero attached hydrogens (tertiary/aromatic N) is 2. The van der Waals surface area contributed by atoms with E-state index in [-0.39, 0.29) is 5.54 Å². The topological polar surface area (TPSA) is 32.5 Å². The zero-order chi connectivity index (χ0) is 13.3. The third-order valence-electron chi connectivity index (χ3n) is 4.83. The molecule has 2 aliphatic rings. The van der Waals surface area contributed by atoms with Gasteiger partial charge in [0, 0.05) is 24.7 Å². The number of hydrogen-bond acceptors (Lipinski definition) is 4. The molecule has 0 unspecified atom stereocenters. The van der Waals surface area contributed by atoms with E-state index < -0.39 is 0 Å². The van der Waals surface area contributed by atoms with Crippen LogP contribution in [0.5, 0.6) is 0 Å². The van der Waals surface area contributed by atoms with E-state index in [2.05, 4.69) is 33.7 Å². The average molecular weight is 279 g/mol. The highest BCUT2D eigenvalue weighted by Crippen LogP contribution is 2.39. The van der Waals surface area contributed by atoms with Gasteiger partial charge in [0.2, 0.25) is 0 Å². The van der Waals surface area contributed by atoms with Crippen molar-refractivity contribution in [2.24, 2.45) is 5.73 Å². The van der Waals surface area contributed by atoms with Gasteiger partial charge in [-0.3, -0.25) is 4.90 Å². The molecule has 3 nitrogen and oxygen atoms in total. The molecule has 1 aliphatic heterocycles. The van der Waals surface area contributed by atoms with E-state index in [1.807, 2.05) is 0 Å². The highest BCUT2D eigenvalue weighted by atomic mass is 32.1. The van der Waals surface area contributed by atoms with Gasteiger partial charge in [0.05, 0.1) is 0 Å². The first kappa shape index (κ1) is 13.6. The van der Waals surface area contributed by atoms with Crippen molar-refractivity contribution in [1.82, 2.24) is 9.80 Å². The number of nitrogens with two attached hydrogens (primary N) is 1. The van der Waals surface area contributed by atoms with E-state index in [0.29, 0.717) is 0 Å². The molecule has 1 aromatic heterocycles. The maximum Gasteiger partial charge on any atom is 0.0362 e. The van der Waals surface area contributed by atoms with Crippen molar-refractivity contribution in [1.29, 1.82) is 0 Å². The number of piperidine rings is 1. The molecule has 1 saturated heterocycles. The third kappa shape index (κ3) is 2.87. The van der Waals surface area contributed by atoms with Gasteiger partial charge < -0.3 is 10.6 Å². The lowest BCUT2D eigenvalue weighted by Gasteiger charge is -2.48. The predicted molar refractivity (Wildman–Crippen MR) is 81.4 cm³/mol. The Balaban J connectivity index is 1.77. The Labute approximate surface area is 120 Å². The quantitative estimate of drug-likeness (QED) is 0.896. The van der Waals surface area contributed by atoms with Gasteiger partial charge in [-0.1, -0.05) is 0 Å². The lowest BCUT2D eigenvalue weighted by molar-refractivity contribution is 0.0208. The largest absolute Gasteiger partial charge is 0.329 e. The van der Waals surface area contributed by atoms with Gasteiger partial charge in [0.15, 0.2) is 0 Å². The van der Waals surface area contributed by atoms with Crippen LogP contribution in [0.1, 0.15) is 31.2 Å². The molecule has 3 rings (SSSR count). The van der Waals surface area contributed by atoms with Crippen LogP contribution in [0.3, 0.4) is 0 Å². The van der Waals surface area contributed by atoms with Gasteiger partial charge in [-0.2, -0.15) is 11.3 Å². The first-order chi connectivity index (χ1) is 9.23. The van der Waals surface area contributed by atoms with Crippen molar-refractivity contribution >= 4 is 11.3 Å². The monoisotopic (exact) mass is 279 g/mol. The minimum atomic E-state index is 0.246. The summed E-state index contributed by atoms with van der Waals surface area (Å²) in [6.07, 6.45) is 5.17. The molecule has 2 heterocycles. The van der Waals surface area contributed by atoms with Gasteiger partial charge in [-0.15, -0.1) is 0 Å². The standard InChI is InChI=1S/C15H25N3S/c1-17-7-5-15(12-16,6-8-17)18(14-2-3-14)10-13-4-9-19-11-13/h4,9,11,14H,2-3,5-8,10,12,16H2,1H3. The van der Waals surface area contributed by atoms with E-state index in [4.69, 9.17) is 5.73 Å². The summed E-state index contributed by atoms with van der Waals surface area (Å²) in [4.78, 5) is 5.17. The number of hydrogen-bond donors (Lipinski definition) is 1. The van der Waals surface area contributed by atoms with Crippen LogP contribution in [0, 0.1) is 0 Å². The molecule has 1 aromatic rings. The van der Waals surface area contributed by atoms with E-state index in [1.54, 1.807) is 11.3 Å². The van der Waals surface area contributed by atoms with E-state index in [1.165, 1.54) is 44.3 Å². The Morgan fingerprint density at radius 3 is 2.68 bits per heavy atom. The average Bonchev–Trinajstić information content (AvgIpc) is 3.14. The minimum absolute atomic E-state index is 0.246. The van der Waals surface area contributed by atoms with Crippen LogP contribution in [-0.4, -0.2) is 48.1 Å². The maximum absolute atomic E-state index is 6.22. The van der Waals surface area contributed by atoms with Crippen LogP contribution in [0.15, 0.2) is 16.8 Å². The van der Waals surface area contributed by atoms with Crippen LogP contribution in [0.25, 0.3) is 0 Å². The van der Waals surface area contributed by atoms with Crippen molar-refractivity contribution in [2.75, 3.05) is 26.7 Å². The Morgan fingerprint density at radius 1 is 1.42 bits per heavy atom. The molecule has 0 amide bonds. The molecule has 106 valence electrons. The van der Waals surface area contributed by atoms with Crippen LogP contribution in [0.4, 0.5) is 0 Å². The van der Waals surface area contributed by atoms with Gasteiger partial charge in [-0.25, -0.2) is 0 Å².